The van der Waals surface area contributed by atoms with E-state index in [9.17, 15) is 4.79 Å². The van der Waals surface area contributed by atoms with Gasteiger partial charge >= 0.3 is 0 Å². The van der Waals surface area contributed by atoms with E-state index in [1.807, 2.05) is 61.5 Å². The number of hydrogen-bond donors (Lipinski definition) is 1. The van der Waals surface area contributed by atoms with Gasteiger partial charge in [0.2, 0.25) is 0 Å². The van der Waals surface area contributed by atoms with Crippen LogP contribution in [0.15, 0.2) is 76.7 Å². The van der Waals surface area contributed by atoms with E-state index in [1.54, 1.807) is 11.0 Å². The largest absolute Gasteiger partial charge is 0.360 e. The molecule has 1 N–H and O–H groups in total. The molecule has 0 bridgehead atoms. The molecule has 0 saturated carbocycles. The summed E-state index contributed by atoms with van der Waals surface area (Å²) in [6.07, 6.45) is 3.10. The first-order valence-electron chi connectivity index (χ1n) is 8.59. The molecule has 2 heterocycles. The SMILES string of the molecule is Cc1cc(CSc2ccccc2C(=O)Nc2ccc(-n3cncn3)cc2)on1. The molecule has 0 fully saturated rings. The highest BCUT2D eigenvalue weighted by Gasteiger charge is 2.13. The molecule has 7 nitrogen and oxygen atoms in total. The van der Waals surface area contributed by atoms with Crippen LogP contribution in [0.5, 0.6) is 0 Å². The molecule has 2 aromatic heterocycles. The second kappa shape index (κ2) is 8.10. The highest BCUT2D eigenvalue weighted by Crippen LogP contribution is 2.27. The summed E-state index contributed by atoms with van der Waals surface area (Å²) in [6, 6.07) is 16.8. The van der Waals surface area contributed by atoms with Crippen LogP contribution in [0.3, 0.4) is 0 Å². The molecule has 2 aromatic carbocycles. The van der Waals surface area contributed by atoms with Crippen LogP contribution in [0.2, 0.25) is 0 Å². The van der Waals surface area contributed by atoms with Crippen LogP contribution in [0, 0.1) is 6.92 Å². The van der Waals surface area contributed by atoms with E-state index >= 15 is 0 Å². The lowest BCUT2D eigenvalue weighted by Crippen LogP contribution is -2.13. The van der Waals surface area contributed by atoms with Crippen LogP contribution < -0.4 is 5.32 Å². The molecule has 0 saturated heterocycles. The number of aromatic nitrogens is 4. The first-order chi connectivity index (χ1) is 13.7. The third-order valence-corrected chi connectivity index (χ3v) is 5.08. The van der Waals surface area contributed by atoms with Gasteiger partial charge in [-0.2, -0.15) is 5.10 Å². The standard InChI is InChI=1S/C20H17N5O2S/c1-14-10-17(27-24-14)11-28-19-5-3-2-4-18(19)20(26)23-15-6-8-16(9-7-15)25-13-21-12-22-25/h2-10,12-13H,11H2,1H3,(H,23,26). The van der Waals surface area contributed by atoms with E-state index in [1.165, 1.54) is 18.1 Å². The third-order valence-electron chi connectivity index (χ3n) is 3.99. The van der Waals surface area contributed by atoms with Gasteiger partial charge in [0.05, 0.1) is 22.7 Å². The zero-order chi connectivity index (χ0) is 19.3. The van der Waals surface area contributed by atoms with E-state index < -0.39 is 0 Å². The topological polar surface area (TPSA) is 85.8 Å². The van der Waals surface area contributed by atoms with E-state index in [-0.39, 0.29) is 5.91 Å². The van der Waals surface area contributed by atoms with Crippen LogP contribution in [0.4, 0.5) is 5.69 Å². The lowest BCUT2D eigenvalue weighted by Gasteiger charge is -2.10. The van der Waals surface area contributed by atoms with Crippen molar-refractivity contribution in [2.24, 2.45) is 0 Å². The summed E-state index contributed by atoms with van der Waals surface area (Å²) in [5.74, 6) is 1.23. The summed E-state index contributed by atoms with van der Waals surface area (Å²) in [6.45, 7) is 1.88. The van der Waals surface area contributed by atoms with Crippen LogP contribution >= 0.6 is 11.8 Å². The Morgan fingerprint density at radius 3 is 2.71 bits per heavy atom. The molecule has 4 aromatic rings. The zero-order valence-corrected chi connectivity index (χ0v) is 15.9. The minimum Gasteiger partial charge on any atom is -0.360 e. The maximum absolute atomic E-state index is 12.8. The third kappa shape index (κ3) is 4.12. The predicted octanol–water partition coefficient (Wildman–Crippen LogP) is 4.11. The minimum absolute atomic E-state index is 0.162. The Labute approximate surface area is 165 Å². The zero-order valence-electron chi connectivity index (χ0n) is 15.1. The molecule has 0 atom stereocenters. The first-order valence-corrected chi connectivity index (χ1v) is 9.58. The second-order valence-corrected chi connectivity index (χ2v) is 7.08. The van der Waals surface area contributed by atoms with Gasteiger partial charge in [-0.25, -0.2) is 9.67 Å². The first kappa shape index (κ1) is 18.0. The summed E-state index contributed by atoms with van der Waals surface area (Å²) in [4.78, 5) is 17.6. The summed E-state index contributed by atoms with van der Waals surface area (Å²) in [5, 5.41) is 10.9. The molecule has 0 unspecified atom stereocenters. The average molecular weight is 391 g/mol. The van der Waals surface area contributed by atoms with Crippen molar-refractivity contribution in [2.45, 2.75) is 17.6 Å². The molecule has 0 radical (unpaired) electrons. The summed E-state index contributed by atoms with van der Waals surface area (Å²) >= 11 is 1.54. The number of benzene rings is 2. The van der Waals surface area contributed by atoms with Crippen LogP contribution in [-0.2, 0) is 5.75 Å². The quantitative estimate of drug-likeness (QED) is 0.498. The number of hydrogen-bond acceptors (Lipinski definition) is 6. The van der Waals surface area contributed by atoms with Crippen molar-refractivity contribution in [2.75, 3.05) is 5.32 Å². The lowest BCUT2D eigenvalue weighted by atomic mass is 10.2. The number of thioether (sulfide) groups is 1. The average Bonchev–Trinajstić information content (AvgIpc) is 3.39. The summed E-state index contributed by atoms with van der Waals surface area (Å²) in [5.41, 5.74) is 3.04. The Hall–Kier alpha value is -3.39. The van der Waals surface area contributed by atoms with Crippen molar-refractivity contribution in [1.29, 1.82) is 0 Å². The van der Waals surface area contributed by atoms with Crippen molar-refractivity contribution in [3.63, 3.8) is 0 Å². The van der Waals surface area contributed by atoms with Crippen molar-refractivity contribution in [3.05, 3.63) is 84.3 Å². The van der Waals surface area contributed by atoms with E-state index in [2.05, 4.69) is 20.6 Å². The lowest BCUT2D eigenvalue weighted by molar-refractivity contribution is 0.102. The van der Waals surface area contributed by atoms with Gasteiger partial charge in [0.25, 0.3) is 5.91 Å². The normalized spacial score (nSPS) is 10.8. The Bertz CT molecular complexity index is 1070. The molecule has 140 valence electrons. The summed E-state index contributed by atoms with van der Waals surface area (Å²) < 4.78 is 6.90. The van der Waals surface area contributed by atoms with E-state index in [0.29, 0.717) is 17.0 Å². The van der Waals surface area contributed by atoms with Crippen LogP contribution in [0.25, 0.3) is 5.69 Å². The highest BCUT2D eigenvalue weighted by molar-refractivity contribution is 7.98. The number of aryl methyl sites for hydroxylation is 1. The predicted molar refractivity (Wildman–Crippen MR) is 107 cm³/mol. The molecule has 0 spiro atoms. The van der Waals surface area contributed by atoms with Gasteiger partial charge in [-0.05, 0) is 43.3 Å². The van der Waals surface area contributed by atoms with Crippen molar-refractivity contribution < 1.29 is 9.32 Å². The Kier molecular flexibility index (Phi) is 5.20. The van der Waals surface area contributed by atoms with Gasteiger partial charge in [0.15, 0.2) is 0 Å². The van der Waals surface area contributed by atoms with Gasteiger partial charge in [0, 0.05) is 16.6 Å². The Morgan fingerprint density at radius 2 is 2.00 bits per heavy atom. The molecule has 0 aliphatic heterocycles. The number of rotatable bonds is 6. The fourth-order valence-corrected chi connectivity index (χ4v) is 3.58. The Morgan fingerprint density at radius 1 is 1.18 bits per heavy atom. The fraction of sp³-hybridized carbons (Fsp3) is 0.100. The second-order valence-electron chi connectivity index (χ2n) is 6.06. The van der Waals surface area contributed by atoms with Crippen LogP contribution in [-0.4, -0.2) is 25.8 Å². The van der Waals surface area contributed by atoms with Crippen molar-refractivity contribution in [1.82, 2.24) is 19.9 Å². The number of nitrogens with zero attached hydrogens (tertiary/aromatic N) is 4. The number of anilines is 1. The maximum atomic E-state index is 12.8. The minimum atomic E-state index is -0.162. The fourth-order valence-electron chi connectivity index (χ4n) is 2.65. The smallest absolute Gasteiger partial charge is 0.256 e. The molecular formula is C20H17N5O2S. The molecule has 4 rings (SSSR count). The van der Waals surface area contributed by atoms with Gasteiger partial charge in [-0.15, -0.1) is 11.8 Å². The highest BCUT2D eigenvalue weighted by atomic mass is 32.2. The van der Waals surface area contributed by atoms with Gasteiger partial charge < -0.3 is 9.84 Å². The number of carbonyl (C=O) groups is 1. The van der Waals surface area contributed by atoms with Gasteiger partial charge in [0.1, 0.15) is 18.4 Å². The molecular weight excluding hydrogens is 374 g/mol. The van der Waals surface area contributed by atoms with Gasteiger partial charge in [-0.1, -0.05) is 17.3 Å². The number of amides is 1. The number of carbonyl (C=O) groups excluding carboxylic acids is 1. The molecule has 28 heavy (non-hydrogen) atoms. The molecule has 0 aliphatic rings. The molecule has 1 amide bonds. The molecule has 0 aliphatic carbocycles. The van der Waals surface area contributed by atoms with E-state index in [4.69, 9.17) is 4.52 Å². The monoisotopic (exact) mass is 391 g/mol. The summed E-state index contributed by atoms with van der Waals surface area (Å²) in [7, 11) is 0. The number of nitrogens with one attached hydrogen (secondary N) is 1. The Balaban J connectivity index is 1.46. The van der Waals surface area contributed by atoms with E-state index in [0.717, 1.165) is 22.0 Å². The van der Waals surface area contributed by atoms with Crippen molar-refractivity contribution in [3.8, 4) is 5.69 Å². The van der Waals surface area contributed by atoms with Crippen molar-refractivity contribution >= 4 is 23.4 Å². The van der Waals surface area contributed by atoms with Crippen LogP contribution in [0.1, 0.15) is 21.8 Å². The molecule has 8 heteroatoms. The van der Waals surface area contributed by atoms with Gasteiger partial charge in [-0.3, -0.25) is 4.79 Å². The maximum Gasteiger partial charge on any atom is 0.256 e.